The first kappa shape index (κ1) is 19.1. The number of nitrogens with zero attached hydrogens (tertiary/aromatic N) is 1. The van der Waals surface area contributed by atoms with Gasteiger partial charge < -0.3 is 14.8 Å². The normalized spacial score (nSPS) is 25.8. The van der Waals surface area contributed by atoms with Gasteiger partial charge in [0.2, 0.25) is 5.91 Å². The first-order chi connectivity index (χ1) is 9.25. The van der Waals surface area contributed by atoms with E-state index in [0.717, 1.165) is 0 Å². The highest BCUT2D eigenvalue weighted by Gasteiger charge is 2.60. The number of carbonyl (C=O) groups is 1. The minimum Gasteiger partial charge on any atom is -0.392 e. The quantitative estimate of drug-likeness (QED) is 0.438. The lowest BCUT2D eigenvalue weighted by Crippen LogP contribution is -2.76. The van der Waals surface area contributed by atoms with E-state index >= 15 is 0 Å². The van der Waals surface area contributed by atoms with Crippen molar-refractivity contribution < 1.29 is 15.0 Å². The van der Waals surface area contributed by atoms with E-state index in [1.807, 2.05) is 4.57 Å². The first-order valence-electron chi connectivity index (χ1n) is 7.54. The van der Waals surface area contributed by atoms with Crippen molar-refractivity contribution in [1.82, 2.24) is 4.57 Å². The molecule has 1 aliphatic heterocycles. The Kier molecular flexibility index (Phi) is 5.42. The van der Waals surface area contributed by atoms with Crippen molar-refractivity contribution in [2.24, 2.45) is 5.92 Å². The van der Waals surface area contributed by atoms with E-state index in [2.05, 4.69) is 49.8 Å². The smallest absolute Gasteiger partial charge is 0.223 e. The molecule has 0 saturated carbocycles. The summed E-state index contributed by atoms with van der Waals surface area (Å²) >= 11 is 3.29. The lowest BCUT2D eigenvalue weighted by molar-refractivity contribution is -0.165. The summed E-state index contributed by atoms with van der Waals surface area (Å²) < 4.78 is 2.00. The number of carbonyl (C=O) groups excluding carboxylic acids is 1. The summed E-state index contributed by atoms with van der Waals surface area (Å²) in [6.45, 7) is 14.3. The van der Waals surface area contributed by atoms with E-state index in [-0.39, 0.29) is 17.0 Å². The molecule has 4 nitrogen and oxygen atoms in total. The Bertz CT molecular complexity index is 401. The first-order valence-corrected chi connectivity index (χ1v) is 11.6. The van der Waals surface area contributed by atoms with Gasteiger partial charge in [-0.05, 0) is 25.3 Å². The predicted octanol–water partition coefficient (Wildman–Crippen LogP) is 2.74. The summed E-state index contributed by atoms with van der Waals surface area (Å²) in [5.41, 5.74) is -1.05. The van der Waals surface area contributed by atoms with Gasteiger partial charge in [0.15, 0.2) is 8.24 Å². The molecular weight excluding hydrogens is 350 g/mol. The van der Waals surface area contributed by atoms with Crippen molar-refractivity contribution >= 4 is 30.1 Å². The maximum absolute atomic E-state index is 12.7. The summed E-state index contributed by atoms with van der Waals surface area (Å²) in [7, 11) is -2.00. The molecule has 2 N–H and O–H groups in total. The number of alkyl halides is 1. The van der Waals surface area contributed by atoms with Crippen LogP contribution < -0.4 is 0 Å². The molecule has 0 aliphatic carbocycles. The van der Waals surface area contributed by atoms with Crippen LogP contribution in [-0.4, -0.2) is 52.0 Å². The van der Waals surface area contributed by atoms with Gasteiger partial charge in [-0.15, -0.1) is 0 Å². The predicted molar refractivity (Wildman–Crippen MR) is 92.0 cm³/mol. The zero-order chi connectivity index (χ0) is 16.8. The van der Waals surface area contributed by atoms with E-state index in [9.17, 15) is 15.0 Å². The minimum atomic E-state index is -2.00. The second kappa shape index (κ2) is 5.94. The molecule has 0 aromatic carbocycles. The fraction of sp³-hybridized carbons (Fsp3) is 0.933. The molecular formula is C15H30BrNO3Si. The van der Waals surface area contributed by atoms with Gasteiger partial charge >= 0.3 is 0 Å². The minimum absolute atomic E-state index is 0.0425. The summed E-state index contributed by atoms with van der Waals surface area (Å²) in [6, 6.07) is -0.0778. The monoisotopic (exact) mass is 379 g/mol. The average Bonchev–Trinajstić information content (AvgIpc) is 2.23. The second-order valence-corrected chi connectivity index (χ2v) is 14.0. The van der Waals surface area contributed by atoms with Gasteiger partial charge in [0.05, 0.1) is 17.6 Å². The molecule has 21 heavy (non-hydrogen) atoms. The fourth-order valence-corrected chi connectivity index (χ4v) is 5.71. The van der Waals surface area contributed by atoms with Crippen molar-refractivity contribution in [2.75, 3.05) is 5.33 Å². The van der Waals surface area contributed by atoms with Crippen LogP contribution in [-0.2, 0) is 4.79 Å². The van der Waals surface area contributed by atoms with Crippen LogP contribution in [0.25, 0.3) is 0 Å². The van der Waals surface area contributed by atoms with Crippen LogP contribution in [0.15, 0.2) is 0 Å². The molecule has 1 fully saturated rings. The largest absolute Gasteiger partial charge is 0.392 e. The van der Waals surface area contributed by atoms with Crippen LogP contribution in [0.4, 0.5) is 0 Å². The third-order valence-electron chi connectivity index (χ3n) is 5.11. The average molecular weight is 380 g/mol. The Morgan fingerprint density at radius 2 is 1.76 bits per heavy atom. The number of aliphatic hydroxyl groups is 2. The number of rotatable bonds is 5. The fourth-order valence-electron chi connectivity index (χ4n) is 2.95. The maximum Gasteiger partial charge on any atom is 0.223 e. The summed E-state index contributed by atoms with van der Waals surface area (Å²) in [6.07, 6.45) is 0.0123. The molecule has 0 aromatic rings. The van der Waals surface area contributed by atoms with Gasteiger partial charge in [-0.25, -0.2) is 0 Å². The molecule has 1 aliphatic rings. The number of halogens is 1. The van der Waals surface area contributed by atoms with Gasteiger partial charge in [-0.1, -0.05) is 49.8 Å². The molecule has 0 radical (unpaired) electrons. The van der Waals surface area contributed by atoms with E-state index in [1.165, 1.54) is 0 Å². The van der Waals surface area contributed by atoms with Gasteiger partial charge in [-0.2, -0.15) is 0 Å². The maximum atomic E-state index is 12.7. The SMILES string of the molecule is CC(C)(O)[C@H]1C(=O)N([Si](C)(C)C(C)(C)C)[C@@H]1CC(O)CBr. The van der Waals surface area contributed by atoms with E-state index < -0.39 is 25.9 Å². The number of amides is 1. The molecule has 1 unspecified atom stereocenters. The zero-order valence-electron chi connectivity index (χ0n) is 14.3. The van der Waals surface area contributed by atoms with E-state index in [0.29, 0.717) is 11.8 Å². The van der Waals surface area contributed by atoms with Crippen molar-refractivity contribution in [1.29, 1.82) is 0 Å². The molecule has 0 spiro atoms. The van der Waals surface area contributed by atoms with Crippen molar-refractivity contribution in [3.63, 3.8) is 0 Å². The van der Waals surface area contributed by atoms with Crippen LogP contribution in [0.1, 0.15) is 41.0 Å². The van der Waals surface area contributed by atoms with E-state index in [4.69, 9.17) is 0 Å². The number of hydrogen-bond acceptors (Lipinski definition) is 3. The highest BCUT2D eigenvalue weighted by molar-refractivity contribution is 9.09. The molecule has 0 bridgehead atoms. The summed E-state index contributed by atoms with van der Waals surface area (Å²) in [5.74, 6) is -0.374. The van der Waals surface area contributed by atoms with E-state index in [1.54, 1.807) is 13.8 Å². The molecule has 1 heterocycles. The van der Waals surface area contributed by atoms with Crippen molar-refractivity contribution in [3.05, 3.63) is 0 Å². The van der Waals surface area contributed by atoms with Gasteiger partial charge in [0.25, 0.3) is 0 Å². The topological polar surface area (TPSA) is 60.8 Å². The molecule has 3 atom stereocenters. The Hall–Kier alpha value is 0.0869. The van der Waals surface area contributed by atoms with Crippen molar-refractivity contribution in [2.45, 2.75) is 76.9 Å². The molecule has 1 amide bonds. The lowest BCUT2D eigenvalue weighted by Gasteiger charge is -2.61. The highest BCUT2D eigenvalue weighted by atomic mass is 79.9. The summed E-state index contributed by atoms with van der Waals surface area (Å²) in [5, 5.41) is 20.9. The molecule has 1 saturated heterocycles. The summed E-state index contributed by atoms with van der Waals surface area (Å²) in [4.78, 5) is 12.7. The standard InChI is InChI=1S/C15H30BrNO3Si/c1-14(2,3)21(6,7)17-11(8-10(18)9-16)12(13(17)19)15(4,5)20/h10-12,18,20H,8-9H2,1-7H3/t10?,11-,12-/m1/s1. The number of hydrogen-bond donors (Lipinski definition) is 2. The van der Waals surface area contributed by atoms with Crippen LogP contribution in [0, 0.1) is 5.92 Å². The van der Waals surface area contributed by atoms with Crippen LogP contribution >= 0.6 is 15.9 Å². The third kappa shape index (κ3) is 3.54. The second-order valence-electron chi connectivity index (χ2n) is 8.26. The Balaban J connectivity index is 3.12. The highest BCUT2D eigenvalue weighted by Crippen LogP contribution is 2.48. The Morgan fingerprint density at radius 3 is 2.10 bits per heavy atom. The lowest BCUT2D eigenvalue weighted by atomic mass is 9.76. The Labute approximate surface area is 138 Å². The van der Waals surface area contributed by atoms with Crippen LogP contribution in [0.3, 0.4) is 0 Å². The number of aliphatic hydroxyl groups excluding tert-OH is 1. The molecule has 124 valence electrons. The zero-order valence-corrected chi connectivity index (χ0v) is 16.9. The van der Waals surface area contributed by atoms with Crippen LogP contribution in [0.5, 0.6) is 0 Å². The third-order valence-corrected chi connectivity index (χ3v) is 11.3. The van der Waals surface area contributed by atoms with Gasteiger partial charge in [-0.3, -0.25) is 4.79 Å². The van der Waals surface area contributed by atoms with Crippen LogP contribution in [0.2, 0.25) is 18.1 Å². The van der Waals surface area contributed by atoms with Gasteiger partial charge in [0.1, 0.15) is 0 Å². The number of β-lactam (4-membered cyclic amide) rings is 1. The van der Waals surface area contributed by atoms with Crippen molar-refractivity contribution in [3.8, 4) is 0 Å². The Morgan fingerprint density at radius 1 is 1.29 bits per heavy atom. The molecule has 1 rings (SSSR count). The molecule has 0 aromatic heterocycles. The molecule has 6 heteroatoms. The van der Waals surface area contributed by atoms with Gasteiger partial charge in [0, 0.05) is 11.4 Å².